The van der Waals surface area contributed by atoms with Gasteiger partial charge in [0, 0.05) is 17.3 Å². The van der Waals surface area contributed by atoms with Gasteiger partial charge in [-0.05, 0) is 49.8 Å². The van der Waals surface area contributed by atoms with Gasteiger partial charge >= 0.3 is 6.03 Å². The lowest BCUT2D eigenvalue weighted by Crippen LogP contribution is -2.61. The minimum Gasteiger partial charge on any atom is -0.354 e. The predicted molar refractivity (Wildman–Crippen MR) is 109 cm³/mol. The summed E-state index contributed by atoms with van der Waals surface area (Å²) in [4.78, 5) is 25.6. The number of amides is 3. The Morgan fingerprint density at radius 1 is 1.04 bits per heavy atom. The van der Waals surface area contributed by atoms with Crippen molar-refractivity contribution in [2.45, 2.75) is 69.7 Å². The standard InChI is InChI=1S/C21H30ClN3O2/c22-17-10-7-11-18(14-17)24-20(27)25-21(12-5-2-6-13-21)19(26)23-15-16-8-3-1-4-9-16/h7,10-11,14,16H,1-6,8-9,12-13,15H2,(H,23,26)(H2,24,25,27). The number of benzene rings is 1. The third kappa shape index (κ3) is 5.61. The van der Waals surface area contributed by atoms with Gasteiger partial charge in [-0.25, -0.2) is 4.79 Å². The Morgan fingerprint density at radius 3 is 2.44 bits per heavy atom. The Bertz CT molecular complexity index is 653. The number of halogens is 1. The summed E-state index contributed by atoms with van der Waals surface area (Å²) in [6.45, 7) is 0.720. The summed E-state index contributed by atoms with van der Waals surface area (Å²) < 4.78 is 0. The minimum absolute atomic E-state index is 0.0333. The molecule has 2 aliphatic carbocycles. The zero-order valence-corrected chi connectivity index (χ0v) is 16.6. The van der Waals surface area contributed by atoms with E-state index in [-0.39, 0.29) is 11.9 Å². The Morgan fingerprint density at radius 2 is 1.74 bits per heavy atom. The molecule has 2 fully saturated rings. The smallest absolute Gasteiger partial charge is 0.320 e. The van der Waals surface area contributed by atoms with Gasteiger partial charge in [0.15, 0.2) is 0 Å². The van der Waals surface area contributed by atoms with E-state index in [4.69, 9.17) is 11.6 Å². The molecule has 0 spiro atoms. The first-order valence-electron chi connectivity index (χ1n) is 10.2. The van der Waals surface area contributed by atoms with Crippen molar-refractivity contribution in [2.24, 2.45) is 5.92 Å². The Kier molecular flexibility index (Phi) is 7.00. The molecule has 2 saturated carbocycles. The van der Waals surface area contributed by atoms with Crippen molar-refractivity contribution in [3.63, 3.8) is 0 Å². The van der Waals surface area contributed by atoms with Crippen LogP contribution < -0.4 is 16.0 Å². The van der Waals surface area contributed by atoms with Crippen molar-refractivity contribution in [1.82, 2.24) is 10.6 Å². The highest BCUT2D eigenvalue weighted by Gasteiger charge is 2.41. The van der Waals surface area contributed by atoms with Gasteiger partial charge in [0.2, 0.25) is 5.91 Å². The molecular formula is C21H30ClN3O2. The van der Waals surface area contributed by atoms with Gasteiger partial charge in [-0.15, -0.1) is 0 Å². The number of urea groups is 1. The highest BCUT2D eigenvalue weighted by Crippen LogP contribution is 2.29. The summed E-state index contributed by atoms with van der Waals surface area (Å²) in [7, 11) is 0. The molecule has 0 saturated heterocycles. The monoisotopic (exact) mass is 391 g/mol. The summed E-state index contributed by atoms with van der Waals surface area (Å²) in [5, 5.41) is 9.48. The lowest BCUT2D eigenvalue weighted by Gasteiger charge is -2.37. The van der Waals surface area contributed by atoms with Crippen LogP contribution in [0.4, 0.5) is 10.5 Å². The van der Waals surface area contributed by atoms with E-state index in [9.17, 15) is 9.59 Å². The number of carbonyl (C=O) groups excluding carboxylic acids is 2. The molecule has 0 radical (unpaired) electrons. The van der Waals surface area contributed by atoms with E-state index in [1.54, 1.807) is 24.3 Å². The Hall–Kier alpha value is -1.75. The summed E-state index contributed by atoms with van der Waals surface area (Å²) in [6, 6.07) is 6.66. The number of rotatable bonds is 5. The SMILES string of the molecule is O=C(Nc1cccc(Cl)c1)NC1(C(=O)NCC2CCCCC2)CCCCC1. The molecule has 0 atom stereocenters. The summed E-state index contributed by atoms with van der Waals surface area (Å²) in [5.41, 5.74) is -0.191. The lowest BCUT2D eigenvalue weighted by atomic mass is 9.80. The van der Waals surface area contributed by atoms with E-state index in [1.165, 1.54) is 32.1 Å². The van der Waals surface area contributed by atoms with Crippen LogP contribution in [0, 0.1) is 5.92 Å². The Labute approximate surface area is 166 Å². The molecule has 0 aromatic heterocycles. The third-order valence-electron chi connectivity index (χ3n) is 5.85. The van der Waals surface area contributed by atoms with Crippen LogP contribution in [0.1, 0.15) is 64.2 Å². The predicted octanol–water partition coefficient (Wildman–Crippen LogP) is 4.86. The average molecular weight is 392 g/mol. The van der Waals surface area contributed by atoms with Gasteiger partial charge < -0.3 is 16.0 Å². The maximum atomic E-state index is 13.0. The maximum absolute atomic E-state index is 13.0. The van der Waals surface area contributed by atoms with Gasteiger partial charge in [0.25, 0.3) is 0 Å². The molecule has 6 heteroatoms. The van der Waals surface area contributed by atoms with E-state index >= 15 is 0 Å². The molecule has 27 heavy (non-hydrogen) atoms. The second kappa shape index (κ2) is 9.45. The van der Waals surface area contributed by atoms with Crippen LogP contribution in [0.2, 0.25) is 5.02 Å². The highest BCUT2D eigenvalue weighted by molar-refractivity contribution is 6.30. The molecule has 0 aliphatic heterocycles. The lowest BCUT2D eigenvalue weighted by molar-refractivity contribution is -0.128. The third-order valence-corrected chi connectivity index (χ3v) is 6.09. The molecule has 1 aromatic carbocycles. The van der Waals surface area contributed by atoms with Crippen molar-refractivity contribution < 1.29 is 9.59 Å². The zero-order valence-electron chi connectivity index (χ0n) is 15.9. The van der Waals surface area contributed by atoms with Crippen LogP contribution >= 0.6 is 11.6 Å². The second-order valence-corrected chi connectivity index (χ2v) is 8.38. The van der Waals surface area contributed by atoms with E-state index in [2.05, 4.69) is 16.0 Å². The van der Waals surface area contributed by atoms with E-state index in [0.29, 0.717) is 29.5 Å². The fourth-order valence-corrected chi connectivity index (χ4v) is 4.50. The summed E-state index contributed by atoms with van der Waals surface area (Å²) in [5.74, 6) is 0.539. The fraction of sp³-hybridized carbons (Fsp3) is 0.619. The number of nitrogens with one attached hydrogen (secondary N) is 3. The maximum Gasteiger partial charge on any atom is 0.320 e. The van der Waals surface area contributed by atoms with Crippen molar-refractivity contribution in [3.8, 4) is 0 Å². The van der Waals surface area contributed by atoms with Crippen molar-refractivity contribution in [3.05, 3.63) is 29.3 Å². The van der Waals surface area contributed by atoms with Crippen molar-refractivity contribution in [2.75, 3.05) is 11.9 Å². The molecule has 3 rings (SSSR count). The molecule has 2 aliphatic rings. The van der Waals surface area contributed by atoms with Gasteiger partial charge in [0.1, 0.15) is 5.54 Å². The number of anilines is 1. The van der Waals surface area contributed by atoms with Crippen LogP contribution in [-0.2, 0) is 4.79 Å². The molecule has 1 aromatic rings. The van der Waals surface area contributed by atoms with Gasteiger partial charge in [0.05, 0.1) is 0 Å². The average Bonchev–Trinajstić information content (AvgIpc) is 2.67. The van der Waals surface area contributed by atoms with Crippen LogP contribution in [0.3, 0.4) is 0 Å². The molecule has 148 valence electrons. The number of hydrogen-bond donors (Lipinski definition) is 3. The first-order valence-corrected chi connectivity index (χ1v) is 10.6. The first-order chi connectivity index (χ1) is 13.1. The topological polar surface area (TPSA) is 70.2 Å². The van der Waals surface area contributed by atoms with Gasteiger partial charge in [-0.1, -0.05) is 56.2 Å². The number of hydrogen-bond acceptors (Lipinski definition) is 2. The molecule has 3 amide bonds. The molecule has 0 unspecified atom stereocenters. The molecular weight excluding hydrogens is 362 g/mol. The fourth-order valence-electron chi connectivity index (χ4n) is 4.31. The first kappa shape index (κ1) is 20.0. The number of carbonyl (C=O) groups is 2. The Balaban J connectivity index is 1.60. The van der Waals surface area contributed by atoms with Crippen LogP contribution in [0.25, 0.3) is 0 Å². The summed E-state index contributed by atoms with van der Waals surface area (Å²) in [6.07, 6.45) is 10.6. The largest absolute Gasteiger partial charge is 0.354 e. The van der Waals surface area contributed by atoms with Gasteiger partial charge in [-0.2, -0.15) is 0 Å². The van der Waals surface area contributed by atoms with Crippen LogP contribution in [0.15, 0.2) is 24.3 Å². The van der Waals surface area contributed by atoms with Crippen LogP contribution in [-0.4, -0.2) is 24.0 Å². The van der Waals surface area contributed by atoms with Crippen molar-refractivity contribution >= 4 is 29.2 Å². The van der Waals surface area contributed by atoms with E-state index in [0.717, 1.165) is 25.8 Å². The van der Waals surface area contributed by atoms with Gasteiger partial charge in [-0.3, -0.25) is 4.79 Å². The quantitative estimate of drug-likeness (QED) is 0.670. The zero-order chi connectivity index (χ0) is 19.1. The van der Waals surface area contributed by atoms with E-state index in [1.807, 2.05) is 0 Å². The van der Waals surface area contributed by atoms with Crippen LogP contribution in [0.5, 0.6) is 0 Å². The second-order valence-electron chi connectivity index (χ2n) is 7.95. The molecule has 3 N–H and O–H groups in total. The molecule has 5 nitrogen and oxygen atoms in total. The molecule has 0 bridgehead atoms. The minimum atomic E-state index is -0.810. The normalized spacial score (nSPS) is 19.9. The van der Waals surface area contributed by atoms with Crippen molar-refractivity contribution in [1.29, 1.82) is 0 Å². The van der Waals surface area contributed by atoms with E-state index < -0.39 is 5.54 Å². The summed E-state index contributed by atoms with van der Waals surface area (Å²) >= 11 is 5.98. The highest BCUT2D eigenvalue weighted by atomic mass is 35.5. The molecule has 0 heterocycles.